The van der Waals surface area contributed by atoms with Gasteiger partial charge in [0.15, 0.2) is 0 Å². The number of para-hydroxylation sites is 1. The van der Waals surface area contributed by atoms with Gasteiger partial charge in [-0.3, -0.25) is 4.79 Å². The van der Waals surface area contributed by atoms with Gasteiger partial charge >= 0.3 is 0 Å². The van der Waals surface area contributed by atoms with E-state index in [1.54, 1.807) is 31.4 Å². The number of carbonyl (C=O) groups excluding carboxylic acids is 1. The summed E-state index contributed by atoms with van der Waals surface area (Å²) < 4.78 is 34.9. The lowest BCUT2D eigenvalue weighted by Crippen LogP contribution is -2.59. The Morgan fingerprint density at radius 1 is 1.12 bits per heavy atom. The molecule has 2 fully saturated rings. The van der Waals surface area contributed by atoms with Crippen molar-refractivity contribution in [1.82, 2.24) is 4.90 Å². The Bertz CT molecular complexity index is 1290. The molecule has 2 saturated heterocycles. The van der Waals surface area contributed by atoms with E-state index in [1.165, 1.54) is 4.31 Å². The number of fused-ring (bicyclic) bond motifs is 1. The van der Waals surface area contributed by atoms with Gasteiger partial charge in [0.2, 0.25) is 5.91 Å². The number of allylic oxidation sites excluding steroid dienone is 1. The Hall–Kier alpha value is -2.80. The Labute approximate surface area is 194 Å². The molecular weight excluding hydrogens is 436 g/mol. The monoisotopic (exact) mass is 464 g/mol. The van der Waals surface area contributed by atoms with Gasteiger partial charge in [0.1, 0.15) is 5.75 Å². The molecule has 172 valence electrons. The maximum Gasteiger partial charge on any atom is 0.268 e. The number of ether oxygens (including phenoxy) is 1. The topological polar surface area (TPSA) is 66.9 Å². The fraction of sp³-hybridized carbons (Fsp3) is 0.423. The maximum absolute atomic E-state index is 14.1. The van der Waals surface area contributed by atoms with Crippen LogP contribution in [-0.4, -0.2) is 38.9 Å². The van der Waals surface area contributed by atoms with E-state index in [2.05, 4.69) is 17.9 Å². The first-order valence-corrected chi connectivity index (χ1v) is 13.1. The third-order valence-electron chi connectivity index (χ3n) is 8.47. The zero-order valence-electron chi connectivity index (χ0n) is 19.0. The number of hydrogen-bond donors (Lipinski definition) is 0. The number of methoxy groups -OCH3 is 1. The van der Waals surface area contributed by atoms with Crippen LogP contribution in [0.4, 0.5) is 5.69 Å². The second-order valence-electron chi connectivity index (χ2n) is 9.71. The number of hydrogen-bond acceptors (Lipinski definition) is 4. The first-order chi connectivity index (χ1) is 15.9. The van der Waals surface area contributed by atoms with Crippen LogP contribution in [0, 0.1) is 5.41 Å². The quantitative estimate of drug-likeness (QED) is 0.680. The number of piperidine rings is 1. The molecule has 6 nitrogen and oxygen atoms in total. The number of sulfonamides is 1. The highest BCUT2D eigenvalue weighted by Crippen LogP contribution is 2.66. The van der Waals surface area contributed by atoms with E-state index in [-0.39, 0.29) is 22.3 Å². The van der Waals surface area contributed by atoms with Crippen LogP contribution in [-0.2, 0) is 20.2 Å². The van der Waals surface area contributed by atoms with Gasteiger partial charge in [0, 0.05) is 18.7 Å². The molecular formula is C26H28N2O4S. The molecule has 6 rings (SSSR count). The smallest absolute Gasteiger partial charge is 0.268 e. The van der Waals surface area contributed by atoms with Gasteiger partial charge < -0.3 is 9.64 Å². The summed E-state index contributed by atoms with van der Waals surface area (Å²) >= 11 is 0. The summed E-state index contributed by atoms with van der Waals surface area (Å²) in [5.74, 6) is 0.750. The summed E-state index contributed by atoms with van der Waals surface area (Å²) in [6.07, 6.45) is 6.29. The summed E-state index contributed by atoms with van der Waals surface area (Å²) in [6.45, 7) is 2.97. The molecule has 0 bridgehead atoms. The summed E-state index contributed by atoms with van der Waals surface area (Å²) in [5, 5.41) is 0. The van der Waals surface area contributed by atoms with E-state index in [4.69, 9.17) is 4.74 Å². The second kappa shape index (κ2) is 6.86. The molecule has 0 N–H and O–H groups in total. The number of nitrogens with zero attached hydrogens (tertiary/aromatic N) is 2. The predicted octanol–water partition coefficient (Wildman–Crippen LogP) is 4.22. The molecule has 0 saturated carbocycles. The molecule has 2 aromatic rings. The zero-order valence-corrected chi connectivity index (χ0v) is 19.8. The summed E-state index contributed by atoms with van der Waals surface area (Å²) in [7, 11) is -2.32. The molecule has 7 heteroatoms. The van der Waals surface area contributed by atoms with Crippen molar-refractivity contribution in [1.29, 1.82) is 0 Å². The van der Waals surface area contributed by atoms with Crippen molar-refractivity contribution in [3.8, 4) is 5.75 Å². The third-order valence-corrected chi connectivity index (χ3v) is 10.2. The van der Waals surface area contributed by atoms with Crippen LogP contribution in [0.1, 0.15) is 44.6 Å². The highest BCUT2D eigenvalue weighted by molar-refractivity contribution is 7.93. The molecule has 3 heterocycles. The van der Waals surface area contributed by atoms with E-state index in [9.17, 15) is 13.2 Å². The van der Waals surface area contributed by atoms with Gasteiger partial charge in [-0.15, -0.1) is 0 Å². The minimum absolute atomic E-state index is 0.00605. The number of amides is 1. The lowest BCUT2D eigenvalue weighted by molar-refractivity contribution is -0.133. The summed E-state index contributed by atoms with van der Waals surface area (Å²) in [6, 6.07) is 14.3. The van der Waals surface area contributed by atoms with E-state index in [0.717, 1.165) is 43.5 Å². The maximum atomic E-state index is 14.1. The number of anilines is 1. The molecule has 0 aromatic heterocycles. The normalized spacial score (nSPS) is 29.9. The van der Waals surface area contributed by atoms with Crippen LogP contribution in [0.3, 0.4) is 0 Å². The van der Waals surface area contributed by atoms with Crippen molar-refractivity contribution in [2.75, 3.05) is 18.0 Å². The summed E-state index contributed by atoms with van der Waals surface area (Å²) in [5.41, 5.74) is 1.76. The van der Waals surface area contributed by atoms with E-state index in [1.807, 2.05) is 24.3 Å². The van der Waals surface area contributed by atoms with Gasteiger partial charge in [-0.05, 0) is 67.0 Å². The second-order valence-corrected chi connectivity index (χ2v) is 11.5. The van der Waals surface area contributed by atoms with Crippen LogP contribution < -0.4 is 9.04 Å². The van der Waals surface area contributed by atoms with Gasteiger partial charge in [-0.1, -0.05) is 31.2 Å². The van der Waals surface area contributed by atoms with E-state index in [0.29, 0.717) is 17.9 Å². The highest BCUT2D eigenvalue weighted by atomic mass is 32.2. The number of benzene rings is 2. The van der Waals surface area contributed by atoms with Crippen LogP contribution in [0.2, 0.25) is 0 Å². The van der Waals surface area contributed by atoms with Gasteiger partial charge in [0.25, 0.3) is 10.0 Å². The van der Waals surface area contributed by atoms with E-state index >= 15 is 0 Å². The molecule has 1 amide bonds. The Morgan fingerprint density at radius 3 is 2.61 bits per heavy atom. The molecule has 4 aliphatic rings. The fourth-order valence-electron chi connectivity index (χ4n) is 7.05. The average molecular weight is 465 g/mol. The lowest BCUT2D eigenvalue weighted by Gasteiger charge is -2.55. The number of carbonyl (C=O) groups is 1. The largest absolute Gasteiger partial charge is 0.497 e. The lowest BCUT2D eigenvalue weighted by atomic mass is 9.55. The van der Waals surface area contributed by atoms with Gasteiger partial charge in [0.05, 0.1) is 29.1 Å². The molecule has 1 aliphatic carbocycles. The standard InChI is InChI=1S/C26H28N2O4S/c1-3-25-14-6-16-27-23(29)17-26(24(25)27)20-7-4-5-8-21(20)28(22(26)13-15-25)33(30,31)19-11-9-18(32-2)10-12-19/h4-5,7-13,24H,3,6,14-17H2,1-2H3/t24-,25-,26-/m1/s1. The average Bonchev–Trinajstić information content (AvgIpc) is 3.32. The van der Waals surface area contributed by atoms with Crippen LogP contribution >= 0.6 is 0 Å². The van der Waals surface area contributed by atoms with Gasteiger partial charge in [-0.2, -0.15) is 0 Å². The SMILES string of the molecule is CC[C@]12CC=C3N(S(=O)(=O)c4ccc(OC)cc4)c4ccccc4[C@]34CC(=O)N(CCC1)[C@H]24. The van der Waals surface area contributed by atoms with Crippen LogP contribution in [0.25, 0.3) is 0 Å². The van der Waals surface area contributed by atoms with Crippen molar-refractivity contribution in [3.05, 3.63) is 65.9 Å². The number of rotatable bonds is 4. The van der Waals surface area contributed by atoms with E-state index < -0.39 is 15.4 Å². The molecule has 3 aliphatic heterocycles. The minimum Gasteiger partial charge on any atom is -0.497 e. The van der Waals surface area contributed by atoms with Crippen molar-refractivity contribution < 1.29 is 17.9 Å². The first-order valence-electron chi connectivity index (χ1n) is 11.7. The molecule has 33 heavy (non-hydrogen) atoms. The first kappa shape index (κ1) is 20.8. The third kappa shape index (κ3) is 2.49. The van der Waals surface area contributed by atoms with Gasteiger partial charge in [-0.25, -0.2) is 12.7 Å². The molecule has 2 aromatic carbocycles. The van der Waals surface area contributed by atoms with Crippen LogP contribution in [0.15, 0.2) is 65.2 Å². The molecule has 0 unspecified atom stereocenters. The summed E-state index contributed by atoms with van der Waals surface area (Å²) in [4.78, 5) is 15.7. The molecule has 1 spiro atoms. The predicted molar refractivity (Wildman–Crippen MR) is 126 cm³/mol. The Kier molecular flexibility index (Phi) is 4.32. The van der Waals surface area contributed by atoms with Crippen molar-refractivity contribution in [3.63, 3.8) is 0 Å². The van der Waals surface area contributed by atoms with Crippen LogP contribution in [0.5, 0.6) is 5.75 Å². The van der Waals surface area contributed by atoms with Crippen molar-refractivity contribution >= 4 is 21.6 Å². The Balaban J connectivity index is 1.59. The Morgan fingerprint density at radius 2 is 1.88 bits per heavy atom. The minimum atomic E-state index is -3.88. The molecule has 3 atom stereocenters. The fourth-order valence-corrected chi connectivity index (χ4v) is 8.65. The van der Waals surface area contributed by atoms with Crippen molar-refractivity contribution in [2.24, 2.45) is 5.41 Å². The molecule has 0 radical (unpaired) electrons. The van der Waals surface area contributed by atoms with Crippen molar-refractivity contribution in [2.45, 2.75) is 55.4 Å². The highest BCUT2D eigenvalue weighted by Gasteiger charge is 2.69. The zero-order chi connectivity index (χ0) is 23.0.